The van der Waals surface area contributed by atoms with Crippen molar-refractivity contribution in [1.82, 2.24) is 0 Å². The van der Waals surface area contributed by atoms with E-state index < -0.39 is 0 Å². The molecule has 172 valence electrons. The number of para-hydroxylation sites is 1. The SMILES string of the molecule is CC1(C)CSC2=C(C1)Nc1c(O)cccc1NC2c1ccc(OCc2ccsc2)cc1OF. The number of aromatic hydroxyl groups is 1. The molecule has 0 saturated carbocycles. The van der Waals surface area contributed by atoms with Crippen LogP contribution in [0.25, 0.3) is 0 Å². The predicted octanol–water partition coefficient (Wildman–Crippen LogP) is 7.25. The number of anilines is 2. The summed E-state index contributed by atoms with van der Waals surface area (Å²) in [6.07, 6.45) is 0.814. The first-order chi connectivity index (χ1) is 15.9. The Hall–Kier alpha value is -2.84. The van der Waals surface area contributed by atoms with Crippen LogP contribution in [-0.2, 0) is 6.61 Å². The molecule has 3 heterocycles. The van der Waals surface area contributed by atoms with Crippen LogP contribution in [0.4, 0.5) is 15.9 Å². The van der Waals surface area contributed by atoms with Gasteiger partial charge in [-0.15, -0.1) is 11.8 Å². The number of phenolic OH excluding ortho intramolecular Hbond substituents is 1. The van der Waals surface area contributed by atoms with Crippen molar-refractivity contribution in [2.75, 3.05) is 16.4 Å². The van der Waals surface area contributed by atoms with E-state index in [2.05, 4.69) is 29.4 Å². The zero-order valence-corrected chi connectivity index (χ0v) is 20.0. The summed E-state index contributed by atoms with van der Waals surface area (Å²) < 4.78 is 19.6. The smallest absolute Gasteiger partial charge is 0.181 e. The van der Waals surface area contributed by atoms with E-state index in [0.29, 0.717) is 23.6 Å². The Bertz CT molecular complexity index is 1190. The highest BCUT2D eigenvalue weighted by atomic mass is 32.2. The Balaban J connectivity index is 1.53. The van der Waals surface area contributed by atoms with Crippen LogP contribution in [0.2, 0.25) is 0 Å². The molecule has 5 nitrogen and oxygen atoms in total. The Morgan fingerprint density at radius 1 is 1.21 bits per heavy atom. The zero-order chi connectivity index (χ0) is 23.0. The first kappa shape index (κ1) is 22.0. The standard InChI is InChI=1S/C25H25FN2O3S2/c1-25(2)11-19-24(33-14-25)22(27-18-4-3-5-20(29)23(18)28-19)17-7-6-16(10-21(17)31-26)30-12-15-8-9-32-13-15/h3-10,13,22,27-29H,11-12,14H2,1-2H3. The maximum atomic E-state index is 13.8. The van der Waals surface area contributed by atoms with Crippen LogP contribution in [0.15, 0.2) is 63.8 Å². The Kier molecular flexibility index (Phi) is 5.88. The van der Waals surface area contributed by atoms with Crippen LogP contribution in [-0.4, -0.2) is 10.9 Å². The average molecular weight is 485 g/mol. The maximum Gasteiger partial charge on any atom is 0.181 e. The van der Waals surface area contributed by atoms with Crippen LogP contribution in [0.1, 0.15) is 37.4 Å². The van der Waals surface area contributed by atoms with Gasteiger partial charge in [0.05, 0.1) is 11.7 Å². The molecule has 0 fully saturated rings. The molecule has 1 unspecified atom stereocenters. The first-order valence-corrected chi connectivity index (χ1v) is 12.6. The van der Waals surface area contributed by atoms with Gasteiger partial charge in [0.1, 0.15) is 23.8 Å². The second-order valence-electron chi connectivity index (χ2n) is 9.07. The number of halogens is 1. The van der Waals surface area contributed by atoms with Gasteiger partial charge in [0.25, 0.3) is 0 Å². The molecule has 3 aromatic rings. The lowest BCUT2D eigenvalue weighted by molar-refractivity contribution is -0.00774. The molecule has 2 aromatic carbocycles. The molecule has 0 amide bonds. The van der Waals surface area contributed by atoms with E-state index in [9.17, 15) is 9.63 Å². The van der Waals surface area contributed by atoms with E-state index in [-0.39, 0.29) is 23.0 Å². The molecule has 0 aliphatic carbocycles. The second kappa shape index (κ2) is 8.83. The van der Waals surface area contributed by atoms with Crippen LogP contribution in [0.3, 0.4) is 0 Å². The third kappa shape index (κ3) is 4.50. The molecule has 33 heavy (non-hydrogen) atoms. The minimum atomic E-state index is -0.340. The number of thiophene rings is 1. The van der Waals surface area contributed by atoms with E-state index in [1.165, 1.54) is 0 Å². The molecule has 2 aliphatic rings. The van der Waals surface area contributed by atoms with Gasteiger partial charge >= 0.3 is 0 Å². The quantitative estimate of drug-likeness (QED) is 0.332. The highest BCUT2D eigenvalue weighted by molar-refractivity contribution is 8.03. The molecule has 0 saturated heterocycles. The van der Waals surface area contributed by atoms with Crippen LogP contribution in [0, 0.1) is 5.41 Å². The third-order valence-corrected chi connectivity index (χ3v) is 8.27. The van der Waals surface area contributed by atoms with Gasteiger partial charge in [0, 0.05) is 32.5 Å². The van der Waals surface area contributed by atoms with Crippen molar-refractivity contribution in [3.05, 3.63) is 75.0 Å². The topological polar surface area (TPSA) is 62.8 Å². The number of ether oxygens (including phenoxy) is 1. The summed E-state index contributed by atoms with van der Waals surface area (Å²) >= 11 is 3.35. The van der Waals surface area contributed by atoms with Crippen LogP contribution < -0.4 is 20.3 Å². The van der Waals surface area contributed by atoms with Gasteiger partial charge in [-0.2, -0.15) is 11.3 Å². The van der Waals surface area contributed by atoms with Crippen LogP contribution in [0.5, 0.6) is 17.2 Å². The largest absolute Gasteiger partial charge is 0.506 e. The summed E-state index contributed by atoms with van der Waals surface area (Å²) in [5.74, 6) is 1.74. The molecule has 3 N–H and O–H groups in total. The van der Waals surface area contributed by atoms with Gasteiger partial charge in [-0.05, 0) is 58.5 Å². The Morgan fingerprint density at radius 2 is 2.09 bits per heavy atom. The number of hydrogen-bond acceptors (Lipinski definition) is 7. The third-order valence-electron chi connectivity index (χ3n) is 5.82. The fourth-order valence-electron chi connectivity index (χ4n) is 4.17. The zero-order valence-electron chi connectivity index (χ0n) is 18.4. The summed E-state index contributed by atoms with van der Waals surface area (Å²) in [4.78, 5) is 5.39. The van der Waals surface area contributed by atoms with Gasteiger partial charge in [0.15, 0.2) is 5.75 Å². The number of thioether (sulfide) groups is 1. The van der Waals surface area contributed by atoms with Gasteiger partial charge in [-0.25, -0.2) is 0 Å². The van der Waals surface area contributed by atoms with E-state index in [1.54, 1.807) is 41.3 Å². The Labute approximate surface area is 200 Å². The number of nitrogens with one attached hydrogen (secondary N) is 2. The van der Waals surface area contributed by atoms with E-state index in [4.69, 9.17) is 4.74 Å². The predicted molar refractivity (Wildman–Crippen MR) is 133 cm³/mol. The number of allylic oxidation sites excluding steroid dienone is 1. The van der Waals surface area contributed by atoms with Crippen molar-refractivity contribution >= 4 is 34.5 Å². The maximum absolute atomic E-state index is 13.8. The summed E-state index contributed by atoms with van der Waals surface area (Å²) in [6, 6.07) is 12.3. The van der Waals surface area contributed by atoms with Gasteiger partial charge in [-0.1, -0.05) is 19.9 Å². The fourth-order valence-corrected chi connectivity index (χ4v) is 6.13. The van der Waals surface area contributed by atoms with Crippen molar-refractivity contribution in [3.8, 4) is 17.2 Å². The molecule has 2 aliphatic heterocycles. The van der Waals surface area contributed by atoms with E-state index >= 15 is 0 Å². The summed E-state index contributed by atoms with van der Waals surface area (Å²) in [5.41, 5.74) is 4.22. The minimum absolute atomic E-state index is 0.0920. The molecule has 0 spiro atoms. The fraction of sp³-hybridized carbons (Fsp3) is 0.280. The van der Waals surface area contributed by atoms with E-state index in [0.717, 1.165) is 34.0 Å². The highest BCUT2D eigenvalue weighted by Crippen LogP contribution is 2.52. The molecule has 0 bridgehead atoms. The molecular weight excluding hydrogens is 459 g/mol. The molecule has 8 heteroatoms. The minimum Gasteiger partial charge on any atom is -0.506 e. The Morgan fingerprint density at radius 3 is 2.88 bits per heavy atom. The van der Waals surface area contributed by atoms with Crippen molar-refractivity contribution in [2.45, 2.75) is 32.9 Å². The lowest BCUT2D eigenvalue weighted by Gasteiger charge is -2.34. The van der Waals surface area contributed by atoms with Crippen molar-refractivity contribution < 1.29 is 19.3 Å². The van der Waals surface area contributed by atoms with Crippen molar-refractivity contribution in [2.24, 2.45) is 5.41 Å². The first-order valence-electron chi connectivity index (χ1n) is 10.7. The average Bonchev–Trinajstić information content (AvgIpc) is 3.26. The number of hydrogen-bond donors (Lipinski definition) is 3. The molecule has 0 radical (unpaired) electrons. The monoisotopic (exact) mass is 484 g/mol. The molecule has 5 rings (SSSR count). The number of benzene rings is 2. The van der Waals surface area contributed by atoms with E-state index in [1.807, 2.05) is 35.0 Å². The number of rotatable bonds is 5. The summed E-state index contributed by atoms with van der Waals surface area (Å²) in [7, 11) is 0. The molecule has 1 aromatic heterocycles. The number of phenols is 1. The second-order valence-corrected chi connectivity index (χ2v) is 10.9. The molecular formula is C25H25FN2O3S2. The van der Waals surface area contributed by atoms with Gasteiger partial charge < -0.3 is 20.5 Å². The van der Waals surface area contributed by atoms with Gasteiger partial charge in [0.2, 0.25) is 0 Å². The van der Waals surface area contributed by atoms with Crippen molar-refractivity contribution in [1.29, 1.82) is 0 Å². The number of fused-ring (bicyclic) bond motifs is 1. The molecule has 1 atom stereocenters. The summed E-state index contributed by atoms with van der Waals surface area (Å²) in [6.45, 7) is 4.85. The van der Waals surface area contributed by atoms with Crippen LogP contribution >= 0.6 is 23.1 Å². The normalized spacial score (nSPS) is 18.9. The lowest BCUT2D eigenvalue weighted by Crippen LogP contribution is -2.25. The lowest BCUT2D eigenvalue weighted by atomic mass is 9.88. The van der Waals surface area contributed by atoms with Gasteiger partial charge in [-0.3, -0.25) is 4.94 Å². The highest BCUT2D eigenvalue weighted by Gasteiger charge is 2.36. The summed E-state index contributed by atoms with van der Waals surface area (Å²) in [5, 5.41) is 21.5. The van der Waals surface area contributed by atoms with Crippen molar-refractivity contribution in [3.63, 3.8) is 0 Å².